The van der Waals surface area contributed by atoms with Crippen LogP contribution in [0.3, 0.4) is 0 Å². The van der Waals surface area contributed by atoms with Gasteiger partial charge < -0.3 is 10.5 Å². The van der Waals surface area contributed by atoms with Gasteiger partial charge >= 0.3 is 0 Å². The summed E-state index contributed by atoms with van der Waals surface area (Å²) in [7, 11) is 0. The average Bonchev–Trinajstić information content (AvgIpc) is 2.15. The summed E-state index contributed by atoms with van der Waals surface area (Å²) >= 11 is 0. The molecule has 0 fully saturated rings. The zero-order chi connectivity index (χ0) is 10.6. The third kappa shape index (κ3) is 2.76. The van der Waals surface area contributed by atoms with Gasteiger partial charge in [-0.3, -0.25) is 5.41 Å². The fourth-order valence-electron chi connectivity index (χ4n) is 1.24. The maximum absolute atomic E-state index is 7.07. The molecule has 0 spiro atoms. The van der Waals surface area contributed by atoms with Crippen molar-refractivity contribution < 1.29 is 4.74 Å². The average molecular weight is 192 g/mol. The molecule has 0 aromatic heterocycles. The van der Waals surface area contributed by atoms with Crippen LogP contribution >= 0.6 is 0 Å². The first-order chi connectivity index (χ1) is 6.61. The number of rotatable bonds is 4. The van der Waals surface area contributed by atoms with Gasteiger partial charge in [0, 0.05) is 0 Å². The second-order valence-electron chi connectivity index (χ2n) is 3.51. The van der Waals surface area contributed by atoms with Gasteiger partial charge in [-0.05, 0) is 17.5 Å². The summed E-state index contributed by atoms with van der Waals surface area (Å²) in [4.78, 5) is 0. The topological polar surface area (TPSA) is 59.1 Å². The first-order valence-corrected chi connectivity index (χ1v) is 4.66. The Morgan fingerprint density at radius 2 is 2.07 bits per heavy atom. The summed E-state index contributed by atoms with van der Waals surface area (Å²) in [6.07, 6.45) is 0. The van der Waals surface area contributed by atoms with Crippen molar-refractivity contribution in [2.75, 3.05) is 6.61 Å². The van der Waals surface area contributed by atoms with Gasteiger partial charge in [0.1, 0.15) is 18.2 Å². The molecule has 0 bridgehead atoms. The second-order valence-corrected chi connectivity index (χ2v) is 3.51. The number of ether oxygens (including phenoxy) is 1. The molecule has 76 valence electrons. The van der Waals surface area contributed by atoms with E-state index in [0.717, 1.165) is 11.3 Å². The first-order valence-electron chi connectivity index (χ1n) is 4.66. The molecule has 0 atom stereocenters. The summed E-state index contributed by atoms with van der Waals surface area (Å²) in [5, 5.41) is 7.07. The molecule has 0 heterocycles. The van der Waals surface area contributed by atoms with E-state index in [2.05, 4.69) is 13.8 Å². The molecule has 1 rings (SSSR count). The molecule has 0 aliphatic heterocycles. The minimum absolute atomic E-state index is 0.0450. The third-order valence-corrected chi connectivity index (χ3v) is 1.92. The van der Waals surface area contributed by atoms with Crippen LogP contribution in [-0.4, -0.2) is 12.4 Å². The maximum atomic E-state index is 7.07. The number of amidine groups is 1. The lowest BCUT2D eigenvalue weighted by molar-refractivity contribution is 0.368. The monoisotopic (exact) mass is 192 g/mol. The van der Waals surface area contributed by atoms with Gasteiger partial charge in [0.25, 0.3) is 0 Å². The Labute approximate surface area is 84.4 Å². The maximum Gasteiger partial charge on any atom is 0.145 e. The molecule has 0 radical (unpaired) electrons. The van der Waals surface area contributed by atoms with Crippen LogP contribution in [0.25, 0.3) is 0 Å². The van der Waals surface area contributed by atoms with Crippen LogP contribution in [0.15, 0.2) is 24.3 Å². The van der Waals surface area contributed by atoms with Crippen molar-refractivity contribution in [3.63, 3.8) is 0 Å². The van der Waals surface area contributed by atoms with Crippen LogP contribution in [0, 0.1) is 5.41 Å². The van der Waals surface area contributed by atoms with E-state index in [1.807, 2.05) is 24.3 Å². The van der Waals surface area contributed by atoms with Crippen LogP contribution in [0.2, 0.25) is 0 Å². The second kappa shape index (κ2) is 4.65. The normalized spacial score (nSPS) is 10.2. The van der Waals surface area contributed by atoms with Crippen molar-refractivity contribution in [1.82, 2.24) is 0 Å². The lowest BCUT2D eigenvalue weighted by Crippen LogP contribution is -2.19. The molecule has 0 saturated carbocycles. The Kier molecular flexibility index (Phi) is 3.51. The smallest absolute Gasteiger partial charge is 0.145 e. The Balaban J connectivity index is 2.79. The quantitative estimate of drug-likeness (QED) is 0.567. The van der Waals surface area contributed by atoms with Crippen LogP contribution in [0.1, 0.15) is 25.3 Å². The summed E-state index contributed by atoms with van der Waals surface area (Å²) < 4.78 is 5.41. The number of hydrogen-bond donors (Lipinski definition) is 2. The highest BCUT2D eigenvalue weighted by Crippen LogP contribution is 2.25. The molecule has 0 saturated heterocycles. The third-order valence-electron chi connectivity index (χ3n) is 1.92. The lowest BCUT2D eigenvalue weighted by Gasteiger charge is -2.12. The highest BCUT2D eigenvalue weighted by molar-refractivity contribution is 5.78. The van der Waals surface area contributed by atoms with Gasteiger partial charge in [-0.2, -0.15) is 0 Å². The van der Waals surface area contributed by atoms with Crippen molar-refractivity contribution in [2.24, 2.45) is 5.73 Å². The molecule has 14 heavy (non-hydrogen) atoms. The Bertz CT molecular complexity index is 321. The predicted molar refractivity (Wildman–Crippen MR) is 57.9 cm³/mol. The largest absolute Gasteiger partial charge is 0.485 e. The van der Waals surface area contributed by atoms with Gasteiger partial charge in [0.05, 0.1) is 0 Å². The highest BCUT2D eigenvalue weighted by Gasteiger charge is 2.06. The molecule has 0 unspecified atom stereocenters. The van der Waals surface area contributed by atoms with Crippen molar-refractivity contribution in [3.8, 4) is 5.75 Å². The molecule has 0 aliphatic rings. The summed E-state index contributed by atoms with van der Waals surface area (Å²) in [6, 6.07) is 7.83. The fraction of sp³-hybridized carbons (Fsp3) is 0.364. The Hall–Kier alpha value is -1.51. The van der Waals surface area contributed by atoms with Gasteiger partial charge in [-0.25, -0.2) is 0 Å². The van der Waals surface area contributed by atoms with Crippen LogP contribution in [-0.2, 0) is 0 Å². The predicted octanol–water partition coefficient (Wildman–Crippen LogP) is 2.12. The van der Waals surface area contributed by atoms with E-state index < -0.39 is 0 Å². The summed E-state index contributed by atoms with van der Waals surface area (Å²) in [5.74, 6) is 1.28. The van der Waals surface area contributed by atoms with Gasteiger partial charge in [0.2, 0.25) is 0 Å². The molecule has 1 aromatic rings. The standard InChI is InChI=1S/C11H16N2O/c1-8(2)9-5-3-4-6-10(9)14-7-11(12)13/h3-6,8H,7H2,1-2H3,(H3,12,13). The molecule has 1 aromatic carbocycles. The molecule has 3 N–H and O–H groups in total. The summed E-state index contributed by atoms with van der Waals surface area (Å²) in [6.45, 7) is 4.37. The SMILES string of the molecule is CC(C)c1ccccc1OCC(=N)N. The number of benzene rings is 1. The number of nitrogens with one attached hydrogen (secondary N) is 1. The van der Waals surface area contributed by atoms with Gasteiger partial charge in [-0.1, -0.05) is 32.0 Å². The zero-order valence-electron chi connectivity index (χ0n) is 8.58. The van der Waals surface area contributed by atoms with Crippen LogP contribution in [0.4, 0.5) is 0 Å². The molecular formula is C11H16N2O. The van der Waals surface area contributed by atoms with Gasteiger partial charge in [0.15, 0.2) is 0 Å². The first kappa shape index (κ1) is 10.6. The summed E-state index contributed by atoms with van der Waals surface area (Å²) in [5.41, 5.74) is 6.37. The van der Waals surface area contributed by atoms with E-state index in [0.29, 0.717) is 5.92 Å². The Morgan fingerprint density at radius 3 is 2.64 bits per heavy atom. The van der Waals surface area contributed by atoms with E-state index in [9.17, 15) is 0 Å². The van der Waals surface area contributed by atoms with Crippen molar-refractivity contribution in [3.05, 3.63) is 29.8 Å². The number of nitrogens with two attached hydrogens (primary N) is 1. The van der Waals surface area contributed by atoms with E-state index in [1.54, 1.807) is 0 Å². The van der Waals surface area contributed by atoms with Crippen molar-refractivity contribution in [1.29, 1.82) is 5.41 Å². The minimum Gasteiger partial charge on any atom is -0.485 e. The molecule has 0 aliphatic carbocycles. The lowest BCUT2D eigenvalue weighted by atomic mass is 10.0. The number of hydrogen-bond acceptors (Lipinski definition) is 2. The number of para-hydroxylation sites is 1. The molecule has 0 amide bonds. The van der Waals surface area contributed by atoms with E-state index in [-0.39, 0.29) is 12.4 Å². The van der Waals surface area contributed by atoms with Crippen LogP contribution < -0.4 is 10.5 Å². The minimum atomic E-state index is 0.0450. The zero-order valence-corrected chi connectivity index (χ0v) is 8.58. The Morgan fingerprint density at radius 1 is 1.43 bits per heavy atom. The molecule has 3 nitrogen and oxygen atoms in total. The van der Waals surface area contributed by atoms with Gasteiger partial charge in [-0.15, -0.1) is 0 Å². The highest BCUT2D eigenvalue weighted by atomic mass is 16.5. The molecular weight excluding hydrogens is 176 g/mol. The van der Waals surface area contributed by atoms with Crippen molar-refractivity contribution >= 4 is 5.84 Å². The van der Waals surface area contributed by atoms with E-state index in [4.69, 9.17) is 15.9 Å². The van der Waals surface area contributed by atoms with Crippen molar-refractivity contribution in [2.45, 2.75) is 19.8 Å². The fourth-order valence-corrected chi connectivity index (χ4v) is 1.24. The van der Waals surface area contributed by atoms with Crippen LogP contribution in [0.5, 0.6) is 5.75 Å². The molecule has 3 heteroatoms. The van der Waals surface area contributed by atoms with E-state index in [1.165, 1.54) is 0 Å². The van der Waals surface area contributed by atoms with E-state index >= 15 is 0 Å².